The van der Waals surface area contributed by atoms with Gasteiger partial charge >= 0.3 is 5.91 Å². The molecular formula is C17H20ClN3O2. The summed E-state index contributed by atoms with van der Waals surface area (Å²) in [6, 6.07) is 9.90. The average Bonchev–Trinajstić information content (AvgIpc) is 3.15. The van der Waals surface area contributed by atoms with Gasteiger partial charge in [0.15, 0.2) is 5.76 Å². The quantitative estimate of drug-likeness (QED) is 0.938. The lowest BCUT2D eigenvalue weighted by Crippen LogP contribution is -2.47. The lowest BCUT2D eigenvalue weighted by atomic mass is 9.97. The molecule has 0 radical (unpaired) electrons. The summed E-state index contributed by atoms with van der Waals surface area (Å²) in [4.78, 5) is 18.8. The fourth-order valence-electron chi connectivity index (χ4n) is 3.53. The molecule has 1 amide bonds. The van der Waals surface area contributed by atoms with Gasteiger partial charge in [-0.1, -0.05) is 30.3 Å². The third kappa shape index (κ3) is 3.41. The molecule has 1 unspecified atom stereocenters. The molecule has 2 saturated heterocycles. The molecule has 23 heavy (non-hydrogen) atoms. The van der Waals surface area contributed by atoms with Gasteiger partial charge in [-0.2, -0.15) is 0 Å². The van der Waals surface area contributed by atoms with Crippen LogP contribution in [-0.4, -0.2) is 41.5 Å². The van der Waals surface area contributed by atoms with Gasteiger partial charge < -0.3 is 14.6 Å². The predicted octanol–water partition coefficient (Wildman–Crippen LogP) is 2.59. The highest BCUT2D eigenvalue weighted by molar-refractivity contribution is 5.90. The summed E-state index contributed by atoms with van der Waals surface area (Å²) in [5, 5.41) is 3.06. The Kier molecular flexibility index (Phi) is 4.68. The van der Waals surface area contributed by atoms with Gasteiger partial charge in [-0.05, 0) is 25.3 Å². The summed E-state index contributed by atoms with van der Waals surface area (Å²) >= 11 is 0. The molecule has 6 heteroatoms. The van der Waals surface area contributed by atoms with E-state index in [9.17, 15) is 4.79 Å². The Morgan fingerprint density at radius 1 is 1.26 bits per heavy atom. The second kappa shape index (κ2) is 6.72. The fraction of sp³-hybridized carbons (Fsp3) is 0.412. The summed E-state index contributed by atoms with van der Waals surface area (Å²) in [6.07, 6.45) is 3.93. The average molecular weight is 334 g/mol. The lowest BCUT2D eigenvalue weighted by Gasteiger charge is -2.30. The van der Waals surface area contributed by atoms with Crippen LogP contribution in [0, 0.1) is 5.92 Å². The van der Waals surface area contributed by atoms with Gasteiger partial charge in [0, 0.05) is 24.7 Å². The highest BCUT2D eigenvalue weighted by Crippen LogP contribution is 2.27. The number of amides is 1. The first-order valence-electron chi connectivity index (χ1n) is 7.82. The third-order valence-corrected chi connectivity index (χ3v) is 4.56. The second-order valence-corrected chi connectivity index (χ2v) is 6.22. The molecule has 3 heterocycles. The summed E-state index contributed by atoms with van der Waals surface area (Å²) in [5.74, 6) is 1.28. The van der Waals surface area contributed by atoms with Gasteiger partial charge in [-0.3, -0.25) is 4.79 Å². The maximum atomic E-state index is 12.3. The number of rotatable bonds is 3. The van der Waals surface area contributed by atoms with Crippen molar-refractivity contribution in [2.45, 2.75) is 18.9 Å². The molecule has 2 aliphatic rings. The maximum Gasteiger partial charge on any atom is 0.307 e. The van der Waals surface area contributed by atoms with Crippen molar-refractivity contribution in [3.63, 3.8) is 0 Å². The molecule has 3 atom stereocenters. The number of nitrogens with zero attached hydrogens (tertiary/aromatic N) is 2. The zero-order valence-corrected chi connectivity index (χ0v) is 13.6. The monoisotopic (exact) mass is 333 g/mol. The van der Waals surface area contributed by atoms with E-state index in [0.717, 1.165) is 31.0 Å². The van der Waals surface area contributed by atoms with Crippen LogP contribution in [0.25, 0.3) is 11.3 Å². The van der Waals surface area contributed by atoms with E-state index in [4.69, 9.17) is 4.42 Å². The summed E-state index contributed by atoms with van der Waals surface area (Å²) in [7, 11) is 0. The summed E-state index contributed by atoms with van der Waals surface area (Å²) in [6.45, 7) is 3.28. The van der Waals surface area contributed by atoms with Crippen LogP contribution < -0.4 is 5.32 Å². The molecule has 4 rings (SSSR count). The minimum absolute atomic E-state index is 0. The molecule has 0 aliphatic carbocycles. The first-order valence-corrected chi connectivity index (χ1v) is 7.82. The Morgan fingerprint density at radius 2 is 2.09 bits per heavy atom. The van der Waals surface area contributed by atoms with Crippen molar-refractivity contribution in [3.05, 3.63) is 42.4 Å². The van der Waals surface area contributed by atoms with Gasteiger partial charge in [0.25, 0.3) is 5.89 Å². The molecule has 2 aromatic rings. The summed E-state index contributed by atoms with van der Waals surface area (Å²) < 4.78 is 5.61. The van der Waals surface area contributed by atoms with Crippen LogP contribution in [0.3, 0.4) is 0 Å². The normalized spacial score (nSPS) is 25.7. The maximum absolute atomic E-state index is 12.3. The predicted molar refractivity (Wildman–Crippen MR) is 89.6 cm³/mol. The van der Waals surface area contributed by atoms with Gasteiger partial charge in [0.1, 0.15) is 0 Å². The first-order chi connectivity index (χ1) is 10.8. The number of fused-ring (bicyclic) bond motifs is 2. The first kappa shape index (κ1) is 16.0. The van der Waals surface area contributed by atoms with Gasteiger partial charge in [-0.15, -0.1) is 12.4 Å². The number of benzene rings is 1. The van der Waals surface area contributed by atoms with E-state index in [1.807, 2.05) is 30.3 Å². The zero-order valence-electron chi connectivity index (χ0n) is 12.8. The standard InChI is InChI=1S/C17H19N3O2.ClH/c21-16(19-14-8-12-6-7-20(10-12)11-14)17-18-9-15(22-17)13-4-2-1-3-5-13;/h1-5,9,12,14H,6-8,10-11H2,(H,19,21);1H/t12-,14+;/m0./s1. The SMILES string of the molecule is Cl.O=C(N[C@@H]1C[C@@H]2CCN(C2)C1)c1ncc(-c2ccccc2)o1. The molecule has 122 valence electrons. The molecule has 2 fully saturated rings. The second-order valence-electron chi connectivity index (χ2n) is 6.22. The number of halogens is 1. The van der Waals surface area contributed by atoms with Gasteiger partial charge in [0.2, 0.25) is 0 Å². The molecule has 5 nitrogen and oxygen atoms in total. The van der Waals surface area contributed by atoms with Crippen LogP contribution in [0.4, 0.5) is 0 Å². The van der Waals surface area contributed by atoms with Crippen LogP contribution in [0.5, 0.6) is 0 Å². The van der Waals surface area contributed by atoms with Crippen molar-refractivity contribution in [1.82, 2.24) is 15.2 Å². The van der Waals surface area contributed by atoms with Crippen molar-refractivity contribution in [1.29, 1.82) is 0 Å². The number of hydrogen-bond acceptors (Lipinski definition) is 4. The van der Waals surface area contributed by atoms with Crippen LogP contribution in [0.15, 0.2) is 40.9 Å². The van der Waals surface area contributed by atoms with Crippen molar-refractivity contribution < 1.29 is 9.21 Å². The number of hydrogen-bond donors (Lipinski definition) is 1. The van der Waals surface area contributed by atoms with E-state index in [1.165, 1.54) is 13.0 Å². The molecule has 0 saturated carbocycles. The van der Waals surface area contributed by atoms with Crippen LogP contribution in [0.1, 0.15) is 23.5 Å². The number of oxazole rings is 1. The van der Waals surface area contributed by atoms with E-state index >= 15 is 0 Å². The minimum Gasteiger partial charge on any atom is -0.432 e. The number of carbonyl (C=O) groups excluding carboxylic acids is 1. The topological polar surface area (TPSA) is 58.4 Å². The third-order valence-electron chi connectivity index (χ3n) is 4.56. The molecule has 2 bridgehead atoms. The molecule has 1 aromatic heterocycles. The zero-order chi connectivity index (χ0) is 14.9. The number of carbonyl (C=O) groups is 1. The number of nitrogens with one attached hydrogen (secondary N) is 1. The Morgan fingerprint density at radius 3 is 2.87 bits per heavy atom. The Hall–Kier alpha value is -1.85. The highest BCUT2D eigenvalue weighted by atomic mass is 35.5. The smallest absolute Gasteiger partial charge is 0.307 e. The summed E-state index contributed by atoms with van der Waals surface area (Å²) in [5.41, 5.74) is 0.927. The number of piperidine rings is 1. The lowest BCUT2D eigenvalue weighted by molar-refractivity contribution is 0.0875. The highest BCUT2D eigenvalue weighted by Gasteiger charge is 2.33. The molecule has 1 aromatic carbocycles. The molecule has 2 aliphatic heterocycles. The molecular weight excluding hydrogens is 314 g/mol. The van der Waals surface area contributed by atoms with E-state index in [-0.39, 0.29) is 30.2 Å². The molecule has 1 N–H and O–H groups in total. The largest absolute Gasteiger partial charge is 0.432 e. The van der Waals surface area contributed by atoms with Crippen molar-refractivity contribution in [3.8, 4) is 11.3 Å². The Balaban J connectivity index is 0.00000156. The van der Waals surface area contributed by atoms with Gasteiger partial charge in [-0.25, -0.2) is 4.98 Å². The van der Waals surface area contributed by atoms with Crippen LogP contribution in [0.2, 0.25) is 0 Å². The van der Waals surface area contributed by atoms with E-state index in [1.54, 1.807) is 6.20 Å². The minimum atomic E-state index is -0.213. The van der Waals surface area contributed by atoms with E-state index in [2.05, 4.69) is 15.2 Å². The van der Waals surface area contributed by atoms with E-state index in [0.29, 0.717) is 5.76 Å². The van der Waals surface area contributed by atoms with Gasteiger partial charge in [0.05, 0.1) is 6.20 Å². The molecule has 0 spiro atoms. The van der Waals surface area contributed by atoms with Crippen molar-refractivity contribution in [2.24, 2.45) is 5.92 Å². The number of aromatic nitrogens is 1. The Bertz CT molecular complexity index is 661. The van der Waals surface area contributed by atoms with Crippen LogP contribution in [-0.2, 0) is 0 Å². The Labute approximate surface area is 141 Å². The van der Waals surface area contributed by atoms with Crippen LogP contribution >= 0.6 is 12.4 Å². The van der Waals surface area contributed by atoms with Crippen molar-refractivity contribution in [2.75, 3.05) is 19.6 Å². The van der Waals surface area contributed by atoms with Crippen molar-refractivity contribution >= 4 is 18.3 Å². The van der Waals surface area contributed by atoms with E-state index < -0.39 is 0 Å². The fourth-order valence-corrected chi connectivity index (χ4v) is 3.53.